The van der Waals surface area contributed by atoms with Crippen LogP contribution in [-0.2, 0) is 4.74 Å². The zero-order valence-electron chi connectivity index (χ0n) is 10.4. The molecule has 3 heterocycles. The van der Waals surface area contributed by atoms with Crippen molar-refractivity contribution >= 4 is 5.78 Å². The van der Waals surface area contributed by atoms with E-state index in [1.165, 1.54) is 22.9 Å². The van der Waals surface area contributed by atoms with Crippen LogP contribution in [0.5, 0.6) is 0 Å². The Morgan fingerprint density at radius 1 is 1.37 bits per heavy atom. The summed E-state index contributed by atoms with van der Waals surface area (Å²) in [7, 11) is 0. The van der Waals surface area contributed by atoms with E-state index in [2.05, 4.69) is 4.98 Å². The van der Waals surface area contributed by atoms with Crippen LogP contribution >= 0.6 is 0 Å². The number of ether oxygens (including phenoxy) is 1. The summed E-state index contributed by atoms with van der Waals surface area (Å²) in [5.74, 6) is 0.375. The first-order valence-electron chi connectivity index (χ1n) is 6.19. The number of nitrogens with zero attached hydrogens (tertiary/aromatic N) is 3. The average molecular weight is 265 g/mol. The third kappa shape index (κ3) is 1.78. The van der Waals surface area contributed by atoms with Gasteiger partial charge in [-0.2, -0.15) is 0 Å². The van der Waals surface area contributed by atoms with Gasteiger partial charge in [-0.25, -0.2) is 4.98 Å². The van der Waals surface area contributed by atoms with Gasteiger partial charge in [0, 0.05) is 24.7 Å². The van der Waals surface area contributed by atoms with Gasteiger partial charge in [0.2, 0.25) is 5.78 Å². The lowest BCUT2D eigenvalue weighted by Crippen LogP contribution is -2.32. The fourth-order valence-electron chi connectivity index (χ4n) is 2.44. The van der Waals surface area contributed by atoms with E-state index in [1.54, 1.807) is 10.8 Å². The maximum atomic E-state index is 11.6. The molecule has 0 unspecified atom stereocenters. The Kier molecular flexibility index (Phi) is 2.89. The molecule has 102 valence electrons. The van der Waals surface area contributed by atoms with Crippen LogP contribution in [-0.4, -0.2) is 42.5 Å². The van der Waals surface area contributed by atoms with Gasteiger partial charge in [-0.05, 0) is 6.42 Å². The molecular weight excluding hydrogens is 250 g/mol. The summed E-state index contributed by atoms with van der Waals surface area (Å²) < 4.78 is 8.57. The quantitative estimate of drug-likeness (QED) is 0.766. The molecule has 1 aliphatic heterocycles. The second kappa shape index (κ2) is 4.44. The van der Waals surface area contributed by atoms with E-state index >= 15 is 0 Å². The van der Waals surface area contributed by atoms with E-state index in [0.717, 1.165) is 0 Å². The van der Waals surface area contributed by atoms with Crippen molar-refractivity contribution in [2.24, 2.45) is 0 Å². The molecule has 2 N–H and O–H groups in total. The van der Waals surface area contributed by atoms with Crippen molar-refractivity contribution < 1.29 is 14.9 Å². The van der Waals surface area contributed by atoms with E-state index in [1.807, 2.05) is 6.92 Å². The van der Waals surface area contributed by atoms with Crippen LogP contribution < -0.4 is 5.56 Å². The van der Waals surface area contributed by atoms with E-state index in [0.29, 0.717) is 12.2 Å². The van der Waals surface area contributed by atoms with E-state index in [9.17, 15) is 15.0 Å². The SMILES string of the molecule is CC[C@H]1O[C@@H](n2ccc(=O)n3ccnc23)[C@H](O)[C@@H]1O. The summed E-state index contributed by atoms with van der Waals surface area (Å²) >= 11 is 0. The van der Waals surface area contributed by atoms with E-state index < -0.39 is 24.5 Å². The van der Waals surface area contributed by atoms with Crippen LogP contribution in [0.1, 0.15) is 19.6 Å². The minimum atomic E-state index is -1.05. The van der Waals surface area contributed by atoms with Crippen LogP contribution in [0.4, 0.5) is 0 Å². The van der Waals surface area contributed by atoms with Gasteiger partial charge in [0.15, 0.2) is 6.23 Å². The van der Waals surface area contributed by atoms with Crippen molar-refractivity contribution in [2.45, 2.75) is 37.9 Å². The van der Waals surface area contributed by atoms with Crippen LogP contribution in [0, 0.1) is 0 Å². The number of rotatable bonds is 2. The summed E-state index contributed by atoms with van der Waals surface area (Å²) in [6, 6.07) is 1.37. The molecular formula is C12H15N3O4. The number of hydrogen-bond donors (Lipinski definition) is 2. The molecule has 2 aromatic rings. The number of aliphatic hydroxyl groups is 2. The zero-order valence-corrected chi connectivity index (χ0v) is 10.4. The minimum absolute atomic E-state index is 0.205. The smallest absolute Gasteiger partial charge is 0.258 e. The highest BCUT2D eigenvalue weighted by Crippen LogP contribution is 2.31. The fourth-order valence-corrected chi connectivity index (χ4v) is 2.44. The lowest BCUT2D eigenvalue weighted by atomic mass is 10.1. The normalized spacial score (nSPS) is 31.1. The highest BCUT2D eigenvalue weighted by Gasteiger charge is 2.43. The van der Waals surface area contributed by atoms with Gasteiger partial charge in [-0.3, -0.25) is 13.8 Å². The molecule has 0 radical (unpaired) electrons. The molecule has 0 aromatic carbocycles. The molecule has 4 atom stereocenters. The van der Waals surface area contributed by atoms with Crippen molar-refractivity contribution in [1.82, 2.24) is 14.0 Å². The number of aliphatic hydroxyl groups excluding tert-OH is 2. The number of aromatic nitrogens is 3. The Bertz CT molecular complexity index is 650. The third-order valence-corrected chi connectivity index (χ3v) is 3.48. The number of imidazole rings is 1. The molecule has 7 nitrogen and oxygen atoms in total. The van der Waals surface area contributed by atoms with Gasteiger partial charge in [-0.15, -0.1) is 0 Å². The maximum Gasteiger partial charge on any atom is 0.258 e. The lowest BCUT2D eigenvalue weighted by molar-refractivity contribution is -0.0362. The summed E-state index contributed by atoms with van der Waals surface area (Å²) in [6.45, 7) is 1.87. The van der Waals surface area contributed by atoms with Crippen LogP contribution in [0.25, 0.3) is 5.78 Å². The monoisotopic (exact) mass is 265 g/mol. The molecule has 7 heteroatoms. The molecule has 19 heavy (non-hydrogen) atoms. The first-order valence-corrected chi connectivity index (χ1v) is 6.19. The standard InChI is InChI=1S/C12H15N3O4/c1-2-7-9(17)10(18)11(19-7)15-5-3-8(16)14-6-4-13-12(14)15/h3-7,9-11,17-18H,2H2,1H3/t7-,9-,10-,11-/m1/s1. The minimum Gasteiger partial charge on any atom is -0.388 e. The average Bonchev–Trinajstić information content (AvgIpc) is 2.99. The molecule has 1 fully saturated rings. The summed E-state index contributed by atoms with van der Waals surface area (Å²) in [5, 5.41) is 20.0. The fraction of sp³-hybridized carbons (Fsp3) is 0.500. The molecule has 1 saturated heterocycles. The van der Waals surface area contributed by atoms with Gasteiger partial charge in [0.05, 0.1) is 6.10 Å². The third-order valence-electron chi connectivity index (χ3n) is 3.48. The Morgan fingerprint density at radius 3 is 2.84 bits per heavy atom. The molecule has 0 amide bonds. The van der Waals surface area contributed by atoms with E-state index in [-0.39, 0.29) is 5.56 Å². The predicted molar refractivity (Wildman–Crippen MR) is 65.7 cm³/mol. The van der Waals surface area contributed by atoms with Gasteiger partial charge in [-0.1, -0.05) is 6.92 Å². The molecule has 2 aromatic heterocycles. The first-order chi connectivity index (χ1) is 9.13. The predicted octanol–water partition coefficient (Wildman–Crippen LogP) is -0.475. The second-order valence-electron chi connectivity index (χ2n) is 4.61. The van der Waals surface area contributed by atoms with Crippen molar-refractivity contribution in [3.05, 3.63) is 35.0 Å². The highest BCUT2D eigenvalue weighted by molar-refractivity contribution is 5.29. The summed E-state index contributed by atoms with van der Waals surface area (Å²) in [5.41, 5.74) is -0.205. The summed E-state index contributed by atoms with van der Waals surface area (Å²) in [6.07, 6.45) is 2.01. The van der Waals surface area contributed by atoms with Gasteiger partial charge < -0.3 is 14.9 Å². The van der Waals surface area contributed by atoms with Crippen molar-refractivity contribution in [2.75, 3.05) is 0 Å². The molecule has 1 aliphatic rings. The molecule has 0 bridgehead atoms. The van der Waals surface area contributed by atoms with Gasteiger partial charge >= 0.3 is 0 Å². The van der Waals surface area contributed by atoms with Crippen molar-refractivity contribution in [1.29, 1.82) is 0 Å². The largest absolute Gasteiger partial charge is 0.388 e. The molecule has 0 spiro atoms. The van der Waals surface area contributed by atoms with E-state index in [4.69, 9.17) is 4.74 Å². The highest BCUT2D eigenvalue weighted by atomic mass is 16.6. The molecule has 3 rings (SSSR count). The lowest BCUT2D eigenvalue weighted by Gasteiger charge is -2.18. The van der Waals surface area contributed by atoms with Gasteiger partial charge in [0.1, 0.15) is 12.2 Å². The number of fused-ring (bicyclic) bond motifs is 1. The van der Waals surface area contributed by atoms with Crippen molar-refractivity contribution in [3.8, 4) is 0 Å². The second-order valence-corrected chi connectivity index (χ2v) is 4.61. The van der Waals surface area contributed by atoms with Crippen molar-refractivity contribution in [3.63, 3.8) is 0 Å². The van der Waals surface area contributed by atoms with Gasteiger partial charge in [0.25, 0.3) is 5.56 Å². The zero-order chi connectivity index (χ0) is 13.6. The Balaban J connectivity index is 2.08. The van der Waals surface area contributed by atoms with Crippen LogP contribution in [0.2, 0.25) is 0 Å². The summed E-state index contributed by atoms with van der Waals surface area (Å²) in [4.78, 5) is 15.7. The Labute approximate surface area is 108 Å². The topological polar surface area (TPSA) is 89.0 Å². The molecule has 0 saturated carbocycles. The Morgan fingerprint density at radius 2 is 2.16 bits per heavy atom. The van der Waals surface area contributed by atoms with Crippen LogP contribution in [0.3, 0.4) is 0 Å². The Hall–Kier alpha value is -1.70. The van der Waals surface area contributed by atoms with Crippen LogP contribution in [0.15, 0.2) is 29.5 Å². The number of hydrogen-bond acceptors (Lipinski definition) is 5. The molecule has 0 aliphatic carbocycles. The first kappa shape index (κ1) is 12.3. The maximum absolute atomic E-state index is 11.6.